The minimum atomic E-state index is -1.26. The normalized spacial score (nSPS) is 15.7. The number of benzene rings is 3. The van der Waals surface area contributed by atoms with Crippen molar-refractivity contribution in [3.8, 4) is 0 Å². The maximum absolute atomic E-state index is 13.7. The summed E-state index contributed by atoms with van der Waals surface area (Å²) in [4.78, 5) is 45.1. The molecule has 0 bridgehead atoms. The lowest BCUT2D eigenvalue weighted by Gasteiger charge is -2.25. The summed E-state index contributed by atoms with van der Waals surface area (Å²) in [6, 6.07) is 25.3. The Morgan fingerprint density at radius 1 is 0.972 bits per heavy atom. The number of esters is 1. The van der Waals surface area contributed by atoms with Crippen molar-refractivity contribution in [3.63, 3.8) is 0 Å². The molecule has 2 N–H and O–H groups in total. The van der Waals surface area contributed by atoms with Gasteiger partial charge in [-0.1, -0.05) is 78.9 Å². The van der Waals surface area contributed by atoms with Gasteiger partial charge >= 0.3 is 12.0 Å². The number of hydrogen-bond acceptors (Lipinski definition) is 5. The molecule has 0 spiro atoms. The Hall–Kier alpha value is -4.46. The molecule has 0 aromatic heterocycles. The number of fused-ring (bicyclic) bond motifs is 1. The van der Waals surface area contributed by atoms with Gasteiger partial charge in [0.05, 0.1) is 24.0 Å². The lowest BCUT2D eigenvalue weighted by Crippen LogP contribution is -2.51. The van der Waals surface area contributed by atoms with Gasteiger partial charge in [-0.3, -0.25) is 14.5 Å². The maximum Gasteiger partial charge on any atom is 0.326 e. The van der Waals surface area contributed by atoms with Gasteiger partial charge in [0.25, 0.3) is 5.91 Å². The van der Waals surface area contributed by atoms with Gasteiger partial charge in [0.15, 0.2) is 0 Å². The number of nitrogens with one attached hydrogen (secondary N) is 2. The van der Waals surface area contributed by atoms with Gasteiger partial charge in [-0.2, -0.15) is 0 Å². The molecule has 2 atom stereocenters. The molecule has 0 aliphatic carbocycles. The molecule has 1 unspecified atom stereocenters. The Balaban J connectivity index is 1.69. The van der Waals surface area contributed by atoms with Crippen LogP contribution in [0.1, 0.15) is 36.6 Å². The summed E-state index contributed by atoms with van der Waals surface area (Å²) >= 11 is 0. The number of urea groups is 1. The van der Waals surface area contributed by atoms with E-state index in [0.717, 1.165) is 11.1 Å². The van der Waals surface area contributed by atoms with Crippen LogP contribution >= 0.6 is 0 Å². The van der Waals surface area contributed by atoms with Gasteiger partial charge in [0.2, 0.25) is 6.17 Å². The molecule has 1 aliphatic heterocycles. The predicted octanol–water partition coefficient (Wildman–Crippen LogP) is 3.82. The van der Waals surface area contributed by atoms with E-state index in [9.17, 15) is 14.4 Å². The fraction of sp³-hybridized carbons (Fsp3) is 0.214. The van der Waals surface area contributed by atoms with Crippen LogP contribution in [0.15, 0.2) is 89.9 Å². The first-order chi connectivity index (χ1) is 17.5. The highest BCUT2D eigenvalue weighted by molar-refractivity contribution is 6.20. The summed E-state index contributed by atoms with van der Waals surface area (Å²) in [5.41, 5.74) is 3.42. The molecule has 1 heterocycles. The molecule has 8 heteroatoms. The van der Waals surface area contributed by atoms with Crippen molar-refractivity contribution in [2.75, 3.05) is 18.1 Å². The molecule has 3 aromatic carbocycles. The zero-order valence-electron chi connectivity index (χ0n) is 20.2. The molecule has 3 amide bonds. The molecule has 4 rings (SSSR count). The lowest BCUT2D eigenvalue weighted by atomic mass is 10.0. The van der Waals surface area contributed by atoms with E-state index in [1.165, 1.54) is 4.90 Å². The van der Waals surface area contributed by atoms with Gasteiger partial charge < -0.3 is 15.4 Å². The molecule has 36 heavy (non-hydrogen) atoms. The first-order valence-corrected chi connectivity index (χ1v) is 11.8. The number of rotatable bonds is 7. The van der Waals surface area contributed by atoms with Gasteiger partial charge in [0.1, 0.15) is 6.54 Å². The van der Waals surface area contributed by atoms with Crippen molar-refractivity contribution in [3.05, 3.63) is 102 Å². The van der Waals surface area contributed by atoms with E-state index in [1.807, 2.05) is 79.7 Å². The Morgan fingerprint density at radius 2 is 1.61 bits per heavy atom. The molecular formula is C28H28N4O4. The maximum atomic E-state index is 13.7. The van der Waals surface area contributed by atoms with Crippen molar-refractivity contribution in [1.29, 1.82) is 0 Å². The van der Waals surface area contributed by atoms with Crippen LogP contribution in [0.2, 0.25) is 0 Å². The van der Waals surface area contributed by atoms with Gasteiger partial charge in [-0.05, 0) is 25.5 Å². The number of ether oxygens (including phenoxy) is 1. The topological polar surface area (TPSA) is 100 Å². The van der Waals surface area contributed by atoms with Crippen LogP contribution in [-0.2, 0) is 14.3 Å². The predicted molar refractivity (Wildman–Crippen MR) is 138 cm³/mol. The number of carbonyl (C=O) groups is 3. The van der Waals surface area contributed by atoms with Crippen molar-refractivity contribution in [2.24, 2.45) is 4.99 Å². The van der Waals surface area contributed by atoms with E-state index in [4.69, 9.17) is 9.73 Å². The summed E-state index contributed by atoms with van der Waals surface area (Å²) in [6.45, 7) is 3.44. The highest BCUT2D eigenvalue weighted by Gasteiger charge is 2.34. The van der Waals surface area contributed by atoms with E-state index in [-0.39, 0.29) is 19.2 Å². The van der Waals surface area contributed by atoms with Crippen LogP contribution in [0.4, 0.5) is 10.5 Å². The summed E-state index contributed by atoms with van der Waals surface area (Å²) in [6.07, 6.45) is -1.26. The third-order valence-corrected chi connectivity index (χ3v) is 5.76. The SMILES string of the molecule is CCOC(=O)CN1C(=O)C(NC(=O)N[C@@H](C)c2ccccc2)N=C(c2ccccc2)c2ccccc21. The zero-order valence-corrected chi connectivity index (χ0v) is 20.2. The summed E-state index contributed by atoms with van der Waals surface area (Å²) < 4.78 is 5.11. The highest BCUT2D eigenvalue weighted by Crippen LogP contribution is 2.28. The summed E-state index contributed by atoms with van der Waals surface area (Å²) in [5.74, 6) is -1.09. The van der Waals surface area contributed by atoms with Crippen molar-refractivity contribution in [2.45, 2.75) is 26.1 Å². The summed E-state index contributed by atoms with van der Waals surface area (Å²) in [7, 11) is 0. The van der Waals surface area contributed by atoms with Gasteiger partial charge in [0, 0.05) is 11.1 Å². The van der Waals surface area contributed by atoms with Crippen LogP contribution in [-0.4, -0.2) is 42.9 Å². The van der Waals surface area contributed by atoms with E-state index in [0.29, 0.717) is 17.0 Å². The third kappa shape index (κ3) is 5.60. The van der Waals surface area contributed by atoms with Gasteiger partial charge in [-0.15, -0.1) is 0 Å². The van der Waals surface area contributed by atoms with Gasteiger partial charge in [-0.25, -0.2) is 9.79 Å². The Kier molecular flexibility index (Phi) is 7.75. The Bertz CT molecular complexity index is 1260. The van der Waals surface area contributed by atoms with Crippen molar-refractivity contribution >= 4 is 29.3 Å². The van der Waals surface area contributed by atoms with Crippen molar-refractivity contribution < 1.29 is 19.1 Å². The van der Waals surface area contributed by atoms with Crippen LogP contribution in [0.3, 0.4) is 0 Å². The fourth-order valence-corrected chi connectivity index (χ4v) is 4.04. The fourth-order valence-electron chi connectivity index (χ4n) is 4.04. The molecule has 0 radical (unpaired) electrons. The molecular weight excluding hydrogens is 456 g/mol. The first-order valence-electron chi connectivity index (χ1n) is 11.8. The number of amides is 3. The summed E-state index contributed by atoms with van der Waals surface area (Å²) in [5, 5.41) is 5.55. The third-order valence-electron chi connectivity index (χ3n) is 5.76. The largest absolute Gasteiger partial charge is 0.465 e. The molecule has 3 aromatic rings. The zero-order chi connectivity index (χ0) is 25.5. The van der Waals surface area contributed by atoms with E-state index >= 15 is 0 Å². The minimum absolute atomic E-state index is 0.190. The molecule has 0 saturated heterocycles. The number of carbonyl (C=O) groups excluding carboxylic acids is 3. The molecule has 8 nitrogen and oxygen atoms in total. The van der Waals surface area contributed by atoms with Crippen LogP contribution in [0, 0.1) is 0 Å². The average Bonchev–Trinajstić information content (AvgIpc) is 3.00. The molecule has 184 valence electrons. The minimum Gasteiger partial charge on any atom is -0.465 e. The second-order valence-electron chi connectivity index (χ2n) is 8.24. The standard InChI is InChI=1S/C28H28N4O4/c1-3-36-24(33)18-32-23-17-11-10-16-22(23)25(21-14-8-5-9-15-21)30-26(27(32)34)31-28(35)29-19(2)20-12-6-4-7-13-20/h4-17,19,26H,3,18H2,1-2H3,(H2,29,31,35)/t19-,26?/m0/s1. The second kappa shape index (κ2) is 11.3. The monoisotopic (exact) mass is 484 g/mol. The van der Waals surface area contributed by atoms with Crippen LogP contribution in [0.25, 0.3) is 0 Å². The Morgan fingerprint density at radius 3 is 2.31 bits per heavy atom. The number of para-hydroxylation sites is 1. The number of nitrogens with zero attached hydrogens (tertiary/aromatic N) is 2. The van der Waals surface area contributed by atoms with E-state index in [1.54, 1.807) is 19.1 Å². The van der Waals surface area contributed by atoms with Crippen LogP contribution < -0.4 is 15.5 Å². The number of hydrogen-bond donors (Lipinski definition) is 2. The van der Waals surface area contributed by atoms with E-state index in [2.05, 4.69) is 10.6 Å². The molecule has 1 aliphatic rings. The Labute approximate surface area is 210 Å². The quantitative estimate of drug-likeness (QED) is 0.498. The smallest absolute Gasteiger partial charge is 0.326 e. The first kappa shape index (κ1) is 24.7. The molecule has 0 fully saturated rings. The van der Waals surface area contributed by atoms with E-state index < -0.39 is 24.1 Å². The average molecular weight is 485 g/mol. The molecule has 0 saturated carbocycles. The lowest BCUT2D eigenvalue weighted by molar-refractivity contribution is -0.142. The number of anilines is 1. The number of aliphatic imine (C=N–C) groups is 1. The number of benzodiazepines with no additional fused rings is 1. The van der Waals surface area contributed by atoms with Crippen LogP contribution in [0.5, 0.6) is 0 Å². The van der Waals surface area contributed by atoms with Crippen molar-refractivity contribution in [1.82, 2.24) is 10.6 Å². The second-order valence-corrected chi connectivity index (χ2v) is 8.24. The highest BCUT2D eigenvalue weighted by atomic mass is 16.5.